The molecule has 0 radical (unpaired) electrons. The summed E-state index contributed by atoms with van der Waals surface area (Å²) in [6.45, 7) is 4.49. The number of hydrogen-bond acceptors (Lipinski definition) is 5. The van der Waals surface area contributed by atoms with Crippen LogP contribution in [0.3, 0.4) is 0 Å². The maximum atomic E-state index is 12.7. The number of benzene rings is 1. The predicted octanol–water partition coefficient (Wildman–Crippen LogP) is 3.60. The molecule has 1 aromatic carbocycles. The highest BCUT2D eigenvalue weighted by molar-refractivity contribution is 8.01. The standard InChI is InChI=1S/C18H20N2O2S.C2HF3O2/c1-2-22-15-9-18(23-10-15)11-20(12-18)17(21)14-5-6-16-13(8-14)4-3-7-19-16;3-2(4,5)1(6)7/h3-8,15H,2,9-12H2,1H3;(H,6,7). The summed E-state index contributed by atoms with van der Waals surface area (Å²) in [5, 5.41) is 8.14. The van der Waals surface area contributed by atoms with Crippen molar-refractivity contribution in [1.82, 2.24) is 9.88 Å². The van der Waals surface area contributed by atoms with Crippen LogP contribution in [0.25, 0.3) is 10.9 Å². The van der Waals surface area contributed by atoms with Crippen LogP contribution in [0.15, 0.2) is 36.5 Å². The van der Waals surface area contributed by atoms with Crippen LogP contribution in [0.1, 0.15) is 23.7 Å². The number of amides is 1. The summed E-state index contributed by atoms with van der Waals surface area (Å²) in [7, 11) is 0. The number of carbonyl (C=O) groups excluding carboxylic acids is 1. The van der Waals surface area contributed by atoms with E-state index in [-0.39, 0.29) is 10.7 Å². The molecule has 0 bridgehead atoms. The van der Waals surface area contributed by atoms with Crippen molar-refractivity contribution in [1.29, 1.82) is 0 Å². The van der Waals surface area contributed by atoms with E-state index in [1.807, 2.05) is 53.9 Å². The average molecular weight is 442 g/mol. The van der Waals surface area contributed by atoms with Gasteiger partial charge in [0.1, 0.15) is 0 Å². The van der Waals surface area contributed by atoms with Gasteiger partial charge in [-0.2, -0.15) is 13.2 Å². The van der Waals surface area contributed by atoms with E-state index in [1.165, 1.54) is 0 Å². The fourth-order valence-corrected chi connectivity index (χ4v) is 5.10. The molecule has 2 fully saturated rings. The van der Waals surface area contributed by atoms with Crippen molar-refractivity contribution in [3.63, 3.8) is 0 Å². The number of carboxylic acids is 1. The molecule has 30 heavy (non-hydrogen) atoms. The number of hydrogen-bond donors (Lipinski definition) is 1. The van der Waals surface area contributed by atoms with Crippen molar-refractivity contribution < 1.29 is 32.6 Å². The SMILES string of the molecule is CCOC1CSC2(C1)CN(C(=O)c1ccc3ncccc3c1)C2.O=C(O)C(F)(F)F. The van der Waals surface area contributed by atoms with Gasteiger partial charge in [-0.05, 0) is 37.6 Å². The quantitative estimate of drug-likeness (QED) is 0.783. The molecule has 1 amide bonds. The molecular weight excluding hydrogens is 421 g/mol. The summed E-state index contributed by atoms with van der Waals surface area (Å²) in [4.78, 5) is 27.8. The van der Waals surface area contributed by atoms with Crippen molar-refractivity contribution in [2.24, 2.45) is 0 Å². The number of nitrogens with zero attached hydrogens (tertiary/aromatic N) is 2. The van der Waals surface area contributed by atoms with Gasteiger partial charge in [0.25, 0.3) is 5.91 Å². The summed E-state index contributed by atoms with van der Waals surface area (Å²) in [5.41, 5.74) is 1.68. The second-order valence-electron chi connectivity index (χ2n) is 7.15. The first-order valence-corrected chi connectivity index (χ1v) is 10.3. The second-order valence-corrected chi connectivity index (χ2v) is 8.64. The average Bonchev–Trinajstić information content (AvgIpc) is 3.10. The smallest absolute Gasteiger partial charge is 0.475 e. The van der Waals surface area contributed by atoms with E-state index in [4.69, 9.17) is 14.6 Å². The van der Waals surface area contributed by atoms with Crippen LogP contribution in [0.2, 0.25) is 0 Å². The molecule has 2 aromatic rings. The highest BCUT2D eigenvalue weighted by Crippen LogP contribution is 2.46. The summed E-state index contributed by atoms with van der Waals surface area (Å²) in [5.74, 6) is -1.58. The molecular formula is C20H21F3N2O4S. The Bertz CT molecular complexity index is 932. The number of carbonyl (C=O) groups is 2. The Morgan fingerprint density at radius 2 is 2.03 bits per heavy atom. The van der Waals surface area contributed by atoms with Crippen LogP contribution < -0.4 is 0 Å². The fraction of sp³-hybridized carbons (Fsp3) is 0.450. The largest absolute Gasteiger partial charge is 0.490 e. The minimum Gasteiger partial charge on any atom is -0.475 e. The van der Waals surface area contributed by atoms with E-state index in [0.717, 1.165) is 48.3 Å². The first-order valence-electron chi connectivity index (χ1n) is 9.33. The van der Waals surface area contributed by atoms with E-state index in [1.54, 1.807) is 6.20 Å². The van der Waals surface area contributed by atoms with Gasteiger partial charge in [0.2, 0.25) is 0 Å². The van der Waals surface area contributed by atoms with Gasteiger partial charge < -0.3 is 14.7 Å². The summed E-state index contributed by atoms with van der Waals surface area (Å²) in [6, 6.07) is 9.65. The van der Waals surface area contributed by atoms with Crippen LogP contribution in [-0.4, -0.2) is 69.3 Å². The number of ether oxygens (including phenoxy) is 1. The molecule has 3 heterocycles. The van der Waals surface area contributed by atoms with Crippen LogP contribution in [-0.2, 0) is 9.53 Å². The van der Waals surface area contributed by atoms with Crippen molar-refractivity contribution in [3.05, 3.63) is 42.1 Å². The zero-order valence-electron chi connectivity index (χ0n) is 16.2. The Morgan fingerprint density at radius 3 is 2.67 bits per heavy atom. The lowest BCUT2D eigenvalue weighted by atomic mass is 9.92. The third kappa shape index (κ3) is 5.04. The van der Waals surface area contributed by atoms with Crippen molar-refractivity contribution >= 4 is 34.5 Å². The predicted molar refractivity (Wildman–Crippen MR) is 107 cm³/mol. The lowest BCUT2D eigenvalue weighted by Crippen LogP contribution is -2.60. The summed E-state index contributed by atoms with van der Waals surface area (Å²) < 4.78 is 37.7. The zero-order valence-corrected chi connectivity index (χ0v) is 17.0. The van der Waals surface area contributed by atoms with E-state index < -0.39 is 12.1 Å². The Labute approximate surface area is 175 Å². The van der Waals surface area contributed by atoms with Gasteiger partial charge in [0.05, 0.1) is 16.4 Å². The topological polar surface area (TPSA) is 79.7 Å². The lowest BCUT2D eigenvalue weighted by Gasteiger charge is -2.47. The maximum Gasteiger partial charge on any atom is 0.490 e. The monoisotopic (exact) mass is 442 g/mol. The van der Waals surface area contributed by atoms with Crippen molar-refractivity contribution in [2.45, 2.75) is 30.4 Å². The van der Waals surface area contributed by atoms with E-state index in [2.05, 4.69) is 4.98 Å². The van der Waals surface area contributed by atoms with Crippen molar-refractivity contribution in [3.8, 4) is 0 Å². The number of pyridine rings is 1. The Hall–Kier alpha value is -2.33. The normalized spacial score (nSPS) is 19.9. The van der Waals surface area contributed by atoms with Gasteiger partial charge in [-0.3, -0.25) is 9.78 Å². The third-order valence-electron chi connectivity index (χ3n) is 4.92. The number of carboxylic acid groups (broad SMARTS) is 1. The number of fused-ring (bicyclic) bond motifs is 1. The molecule has 1 spiro atoms. The van der Waals surface area contributed by atoms with Crippen LogP contribution in [0.4, 0.5) is 13.2 Å². The second kappa shape index (κ2) is 8.81. The number of halogens is 3. The van der Waals surface area contributed by atoms with Crippen molar-refractivity contribution in [2.75, 3.05) is 25.4 Å². The van der Waals surface area contributed by atoms with Gasteiger partial charge in [0, 0.05) is 42.6 Å². The Balaban J connectivity index is 0.000000318. The molecule has 1 aromatic heterocycles. The summed E-state index contributed by atoms with van der Waals surface area (Å²) in [6.07, 6.45) is -1.89. The lowest BCUT2D eigenvalue weighted by molar-refractivity contribution is -0.192. The first-order chi connectivity index (χ1) is 14.1. The molecule has 0 saturated carbocycles. The number of likely N-dealkylation sites (tertiary alicyclic amines) is 1. The number of alkyl halides is 3. The molecule has 0 aliphatic carbocycles. The highest BCUT2D eigenvalue weighted by Gasteiger charge is 2.50. The van der Waals surface area contributed by atoms with Gasteiger partial charge in [-0.15, -0.1) is 11.8 Å². The molecule has 2 saturated heterocycles. The molecule has 6 nitrogen and oxygen atoms in total. The molecule has 1 unspecified atom stereocenters. The zero-order chi connectivity index (χ0) is 21.9. The van der Waals surface area contributed by atoms with E-state index >= 15 is 0 Å². The molecule has 1 atom stereocenters. The minimum atomic E-state index is -5.08. The molecule has 1 N–H and O–H groups in total. The molecule has 2 aliphatic heterocycles. The van der Waals surface area contributed by atoms with Gasteiger partial charge >= 0.3 is 12.1 Å². The first kappa shape index (κ1) is 22.4. The van der Waals surface area contributed by atoms with Gasteiger partial charge in [-0.25, -0.2) is 4.79 Å². The van der Waals surface area contributed by atoms with E-state index in [9.17, 15) is 18.0 Å². The molecule has 2 aliphatic rings. The maximum absolute atomic E-state index is 12.7. The summed E-state index contributed by atoms with van der Waals surface area (Å²) >= 11 is 1.97. The minimum absolute atomic E-state index is 0.127. The van der Waals surface area contributed by atoms with Gasteiger partial charge in [0.15, 0.2) is 0 Å². The number of aliphatic carboxylic acids is 1. The third-order valence-corrected chi connectivity index (χ3v) is 6.49. The van der Waals surface area contributed by atoms with Crippen LogP contribution in [0, 0.1) is 0 Å². The fourth-order valence-electron chi connectivity index (χ4n) is 3.55. The number of rotatable bonds is 3. The molecule has 162 valence electrons. The Morgan fingerprint density at radius 1 is 1.33 bits per heavy atom. The molecule has 10 heteroatoms. The van der Waals surface area contributed by atoms with Gasteiger partial charge in [-0.1, -0.05) is 6.07 Å². The van der Waals surface area contributed by atoms with E-state index in [0.29, 0.717) is 6.10 Å². The number of aromatic nitrogens is 1. The molecule has 4 rings (SSSR count). The Kier molecular flexibility index (Phi) is 6.56. The van der Waals surface area contributed by atoms with Crippen LogP contribution in [0.5, 0.6) is 0 Å². The van der Waals surface area contributed by atoms with Crippen LogP contribution >= 0.6 is 11.8 Å². The highest BCUT2D eigenvalue weighted by atomic mass is 32.2. The number of thioether (sulfide) groups is 1.